The number of phenolic OH excluding ortho intramolecular Hbond substituents is 1. The number of likely N-dealkylation sites (N-methyl/N-ethyl adjacent to an activating group) is 1. The van der Waals surface area contributed by atoms with Gasteiger partial charge in [-0.3, -0.25) is 28.7 Å². The Hall–Kier alpha value is -6.51. The van der Waals surface area contributed by atoms with Crippen LogP contribution >= 0.6 is 0 Å². The number of urea groups is 1. The van der Waals surface area contributed by atoms with Crippen LogP contribution in [-0.2, 0) is 36.8 Å². The van der Waals surface area contributed by atoms with Gasteiger partial charge in [-0.15, -0.1) is 0 Å². The zero-order valence-electron chi connectivity index (χ0n) is 34.2. The number of rotatable bonds is 18. The molecule has 20 nitrogen and oxygen atoms in total. The second kappa shape index (κ2) is 20.2. The first-order chi connectivity index (χ1) is 28.9. The number of carboxylic acids is 1. The zero-order chi connectivity index (χ0) is 44.5. The summed E-state index contributed by atoms with van der Waals surface area (Å²) in [6.45, 7) is 4.90. The van der Waals surface area contributed by atoms with E-state index in [0.717, 1.165) is 21.5 Å². The molecule has 0 aliphatic carbocycles. The number of nitrogens with two attached hydrogens (primary N) is 1. The Labute approximate surface area is 349 Å². The van der Waals surface area contributed by atoms with Crippen molar-refractivity contribution in [3.8, 4) is 5.75 Å². The van der Waals surface area contributed by atoms with Crippen LogP contribution in [0.4, 0.5) is 4.79 Å². The Kier molecular flexibility index (Phi) is 15.1. The van der Waals surface area contributed by atoms with E-state index in [-0.39, 0.29) is 43.9 Å². The number of amides is 5. The molecule has 8 atom stereocenters. The Bertz CT molecular complexity index is 2330. The molecule has 0 unspecified atom stereocenters. The van der Waals surface area contributed by atoms with Crippen LogP contribution in [0, 0.1) is 5.92 Å². The maximum atomic E-state index is 14.1. The molecule has 0 spiro atoms. The number of phenols is 1. The third-order valence-electron chi connectivity index (χ3n) is 10.5. The van der Waals surface area contributed by atoms with Gasteiger partial charge >= 0.3 is 17.7 Å². The van der Waals surface area contributed by atoms with Gasteiger partial charge in [-0.2, -0.15) is 0 Å². The number of aliphatic hydroxyl groups excluding tert-OH is 1. The standard InChI is InChI=1S/C41H53N9O11/c1-21(2)14-30(45-40(59)46-31(39(57)58)17-24-19-43-29-11-6-5-10-27(24)29)35(54)48-34(22(3)49(4)37(56)28(42)16-23-8-7-9-25(51)15-23)36(55)44-20-26-18-32(52)38(61-26)50-13-12-33(53)47-41(50)60/h5-13,15,19,21-22,26,28,30-32,34,38,43,51-52H,14,16-18,20,42H2,1-4H3,(H,44,55)(H,48,54)(H,57,58)(H2,45,46,59)(H,47,53,60)/t22-,26+,28-,30-,31-,32+,34-,38+/m0/s1. The average molecular weight is 848 g/mol. The molecule has 0 bridgehead atoms. The molecule has 0 radical (unpaired) electrons. The van der Waals surface area contributed by atoms with Gasteiger partial charge in [-0.25, -0.2) is 14.4 Å². The highest BCUT2D eigenvalue weighted by atomic mass is 16.5. The highest BCUT2D eigenvalue weighted by Crippen LogP contribution is 2.27. The molecular formula is C41H53N9O11. The van der Waals surface area contributed by atoms with Crippen LogP contribution in [0.25, 0.3) is 10.9 Å². The van der Waals surface area contributed by atoms with Gasteiger partial charge in [0.2, 0.25) is 17.7 Å². The van der Waals surface area contributed by atoms with Gasteiger partial charge in [0.1, 0.15) is 30.0 Å². The van der Waals surface area contributed by atoms with Crippen LogP contribution < -0.4 is 38.2 Å². The number of nitrogens with one attached hydrogen (secondary N) is 6. The number of aromatic amines is 2. The average Bonchev–Trinajstić information content (AvgIpc) is 3.79. The minimum atomic E-state index is -1.47. The largest absolute Gasteiger partial charge is 0.508 e. The van der Waals surface area contributed by atoms with Crippen molar-refractivity contribution < 1.29 is 44.0 Å². The first kappa shape index (κ1) is 45.6. The first-order valence-corrected chi connectivity index (χ1v) is 19.8. The highest BCUT2D eigenvalue weighted by molar-refractivity contribution is 5.94. The summed E-state index contributed by atoms with van der Waals surface area (Å²) in [5.41, 5.74) is 6.88. The number of hydrogen-bond donors (Lipinski definition) is 10. The third-order valence-corrected chi connectivity index (χ3v) is 10.5. The van der Waals surface area contributed by atoms with Gasteiger partial charge in [0.05, 0.1) is 18.2 Å². The molecule has 1 saturated heterocycles. The van der Waals surface area contributed by atoms with E-state index in [4.69, 9.17) is 10.5 Å². The van der Waals surface area contributed by atoms with E-state index in [2.05, 4.69) is 31.2 Å². The monoisotopic (exact) mass is 847 g/mol. The molecule has 1 aliphatic rings. The number of benzene rings is 2. The van der Waals surface area contributed by atoms with Crippen LogP contribution in [0.3, 0.4) is 0 Å². The summed E-state index contributed by atoms with van der Waals surface area (Å²) in [5.74, 6) is -3.67. The Morgan fingerprint density at radius 2 is 1.69 bits per heavy atom. The molecule has 5 rings (SSSR count). The van der Waals surface area contributed by atoms with Crippen LogP contribution in [0.1, 0.15) is 51.0 Å². The number of carbonyl (C=O) groups is 5. The number of fused-ring (bicyclic) bond motifs is 1. The molecule has 2 aromatic heterocycles. The summed E-state index contributed by atoms with van der Waals surface area (Å²) in [6.07, 6.45) is -0.306. The van der Waals surface area contributed by atoms with Crippen molar-refractivity contribution in [2.75, 3.05) is 13.6 Å². The molecule has 11 N–H and O–H groups in total. The van der Waals surface area contributed by atoms with E-state index in [9.17, 15) is 48.9 Å². The molecule has 328 valence electrons. The van der Waals surface area contributed by atoms with Crippen molar-refractivity contribution in [1.82, 2.24) is 40.7 Å². The van der Waals surface area contributed by atoms with Gasteiger partial charge in [-0.05, 0) is 55.0 Å². The van der Waals surface area contributed by atoms with Crippen LogP contribution in [0.5, 0.6) is 5.75 Å². The maximum absolute atomic E-state index is 14.1. The summed E-state index contributed by atoms with van der Waals surface area (Å²) >= 11 is 0. The number of aliphatic carboxylic acids is 1. The van der Waals surface area contributed by atoms with Crippen molar-refractivity contribution >= 4 is 40.6 Å². The molecule has 4 aromatic rings. The predicted octanol–water partition coefficient (Wildman–Crippen LogP) is -0.200. The van der Waals surface area contributed by atoms with E-state index >= 15 is 0 Å². The van der Waals surface area contributed by atoms with Gasteiger partial charge in [0.15, 0.2) is 6.23 Å². The van der Waals surface area contributed by atoms with E-state index in [1.807, 2.05) is 18.2 Å². The maximum Gasteiger partial charge on any atom is 0.330 e. The summed E-state index contributed by atoms with van der Waals surface area (Å²) in [6, 6.07) is 7.38. The lowest BCUT2D eigenvalue weighted by atomic mass is 10.0. The van der Waals surface area contributed by atoms with Crippen molar-refractivity contribution in [1.29, 1.82) is 0 Å². The molecule has 5 amide bonds. The number of H-pyrrole nitrogens is 2. The normalized spacial score (nSPS) is 18.7. The number of carboxylic acid groups (broad SMARTS) is 1. The minimum Gasteiger partial charge on any atom is -0.508 e. The van der Waals surface area contributed by atoms with Crippen LogP contribution in [0.15, 0.2) is 76.6 Å². The lowest BCUT2D eigenvalue weighted by molar-refractivity contribution is -0.139. The SMILES string of the molecule is CC(C)C[C@H](NC(=O)N[C@@H](Cc1c[nH]c2ccccc12)C(=O)O)C(=O)N[C@H](C(=O)NC[C@H]1C[C@@H](O)[C@H](n2ccc(=O)[nH]c2=O)O1)[C@H](C)N(C)C(=O)[C@@H](N)Cc1cccc(O)c1. The molecule has 1 aliphatic heterocycles. The second-order valence-corrected chi connectivity index (χ2v) is 15.6. The molecule has 2 aromatic carbocycles. The number of ether oxygens (including phenoxy) is 1. The van der Waals surface area contributed by atoms with E-state index < -0.39 is 89.6 Å². The molecule has 1 fully saturated rings. The second-order valence-electron chi connectivity index (χ2n) is 15.6. The van der Waals surface area contributed by atoms with Gasteiger partial charge < -0.3 is 56.9 Å². The Morgan fingerprint density at radius 3 is 2.38 bits per heavy atom. The van der Waals surface area contributed by atoms with Crippen molar-refractivity contribution in [3.63, 3.8) is 0 Å². The fourth-order valence-electron chi connectivity index (χ4n) is 7.21. The van der Waals surface area contributed by atoms with E-state index in [1.165, 1.54) is 37.2 Å². The first-order valence-electron chi connectivity index (χ1n) is 19.8. The fourth-order valence-corrected chi connectivity index (χ4v) is 7.21. The lowest BCUT2D eigenvalue weighted by Gasteiger charge is -2.34. The smallest absolute Gasteiger partial charge is 0.330 e. The van der Waals surface area contributed by atoms with Gasteiger partial charge in [0, 0.05) is 55.8 Å². The summed E-state index contributed by atoms with van der Waals surface area (Å²) in [5, 5.41) is 41.8. The number of aromatic nitrogens is 3. The topological polar surface area (TPSA) is 303 Å². The third kappa shape index (κ3) is 11.8. The number of para-hydroxylation sites is 1. The molecule has 0 saturated carbocycles. The molecule has 3 heterocycles. The summed E-state index contributed by atoms with van der Waals surface area (Å²) < 4.78 is 6.87. The summed E-state index contributed by atoms with van der Waals surface area (Å²) in [7, 11) is 1.40. The Balaban J connectivity index is 1.32. The molecule has 20 heteroatoms. The fraction of sp³-hybridized carbons (Fsp3) is 0.439. The van der Waals surface area contributed by atoms with Gasteiger partial charge in [0.25, 0.3) is 5.56 Å². The predicted molar refractivity (Wildman–Crippen MR) is 221 cm³/mol. The van der Waals surface area contributed by atoms with E-state index in [1.54, 1.807) is 38.2 Å². The van der Waals surface area contributed by atoms with Gasteiger partial charge in [-0.1, -0.05) is 44.2 Å². The van der Waals surface area contributed by atoms with Crippen molar-refractivity contribution in [2.24, 2.45) is 11.7 Å². The number of aliphatic hydroxyl groups is 1. The molecular weight excluding hydrogens is 795 g/mol. The van der Waals surface area contributed by atoms with Crippen LogP contribution in [-0.4, -0.2) is 120 Å². The summed E-state index contributed by atoms with van der Waals surface area (Å²) in [4.78, 5) is 97.8. The van der Waals surface area contributed by atoms with Crippen molar-refractivity contribution in [3.05, 3.63) is 99.0 Å². The number of hydrogen-bond acceptors (Lipinski definition) is 11. The van der Waals surface area contributed by atoms with Crippen molar-refractivity contribution in [2.45, 2.75) is 95.1 Å². The van der Waals surface area contributed by atoms with Crippen LogP contribution in [0.2, 0.25) is 0 Å². The highest BCUT2D eigenvalue weighted by Gasteiger charge is 2.39. The van der Waals surface area contributed by atoms with E-state index in [0.29, 0.717) is 11.1 Å². The Morgan fingerprint density at radius 1 is 0.967 bits per heavy atom. The number of carbonyl (C=O) groups excluding carboxylic acids is 4. The zero-order valence-corrected chi connectivity index (χ0v) is 34.2. The number of aromatic hydroxyl groups is 1. The molecule has 61 heavy (non-hydrogen) atoms. The number of nitrogens with zero attached hydrogens (tertiary/aromatic N) is 2. The quantitative estimate of drug-likeness (QED) is 0.0623. The lowest BCUT2D eigenvalue weighted by Crippen LogP contribution is -2.63. The minimum absolute atomic E-state index is 0.0137.